The van der Waals surface area contributed by atoms with Gasteiger partial charge in [-0.1, -0.05) is 0 Å². The summed E-state index contributed by atoms with van der Waals surface area (Å²) in [5.41, 5.74) is 5.73. The van der Waals surface area contributed by atoms with Crippen molar-refractivity contribution in [2.45, 2.75) is 44.8 Å². The highest BCUT2D eigenvalue weighted by Crippen LogP contribution is 2.44. The van der Waals surface area contributed by atoms with Gasteiger partial charge in [0.05, 0.1) is 18.5 Å². The highest BCUT2D eigenvalue weighted by Gasteiger charge is 2.41. The van der Waals surface area contributed by atoms with Crippen LogP contribution in [0.5, 0.6) is 6.01 Å². The minimum Gasteiger partial charge on any atom is -0.467 e. The molecule has 2 bridgehead atoms. The van der Waals surface area contributed by atoms with Crippen molar-refractivity contribution in [3.05, 3.63) is 47.2 Å². The molecule has 0 amide bonds. The van der Waals surface area contributed by atoms with E-state index < -0.39 is 0 Å². The molecule has 2 aliphatic heterocycles. The molecule has 128 valence electrons. The molecule has 1 fully saturated rings. The molecule has 3 aromatic heterocycles. The van der Waals surface area contributed by atoms with Crippen LogP contribution >= 0.6 is 0 Å². The number of hydrogen-bond acceptors (Lipinski definition) is 6. The van der Waals surface area contributed by atoms with E-state index in [1.165, 1.54) is 24.1 Å². The summed E-state index contributed by atoms with van der Waals surface area (Å²) < 4.78 is 7.09. The molecule has 2 aliphatic rings. The van der Waals surface area contributed by atoms with E-state index in [0.717, 1.165) is 29.9 Å². The van der Waals surface area contributed by atoms with Crippen LogP contribution < -0.4 is 4.74 Å². The van der Waals surface area contributed by atoms with Crippen molar-refractivity contribution in [1.29, 1.82) is 0 Å². The van der Waals surface area contributed by atoms with Crippen LogP contribution in [-0.4, -0.2) is 42.6 Å². The molecule has 0 aromatic carbocycles. The average molecular weight is 336 g/mol. The first-order valence-electron chi connectivity index (χ1n) is 8.68. The smallest absolute Gasteiger partial charge is 0.316 e. The third-order valence-corrected chi connectivity index (χ3v) is 5.40. The molecule has 25 heavy (non-hydrogen) atoms. The van der Waals surface area contributed by atoms with Crippen molar-refractivity contribution >= 4 is 5.65 Å². The van der Waals surface area contributed by atoms with E-state index in [1.54, 1.807) is 7.11 Å². The van der Waals surface area contributed by atoms with Crippen LogP contribution in [-0.2, 0) is 13.0 Å². The van der Waals surface area contributed by atoms with Gasteiger partial charge in [-0.2, -0.15) is 5.10 Å². The Labute approximate surface area is 145 Å². The van der Waals surface area contributed by atoms with Gasteiger partial charge in [-0.25, -0.2) is 19.5 Å². The van der Waals surface area contributed by atoms with Crippen molar-refractivity contribution in [2.75, 3.05) is 7.11 Å². The van der Waals surface area contributed by atoms with Crippen molar-refractivity contribution < 1.29 is 4.74 Å². The Hall–Kier alpha value is -2.54. The Kier molecular flexibility index (Phi) is 3.24. The molecule has 7 nitrogen and oxygen atoms in total. The first kappa shape index (κ1) is 14.8. The maximum Gasteiger partial charge on any atom is 0.316 e. The van der Waals surface area contributed by atoms with Gasteiger partial charge in [0.15, 0.2) is 5.65 Å². The molecule has 5 heterocycles. The lowest BCUT2D eigenvalue weighted by Crippen LogP contribution is -2.38. The molecule has 5 rings (SSSR count). The molecule has 0 aliphatic carbocycles. The molecule has 0 saturated carbocycles. The van der Waals surface area contributed by atoms with E-state index in [1.807, 2.05) is 29.9 Å². The number of nitrogens with zero attached hydrogens (tertiary/aromatic N) is 6. The van der Waals surface area contributed by atoms with E-state index in [2.05, 4.69) is 31.1 Å². The summed E-state index contributed by atoms with van der Waals surface area (Å²) in [4.78, 5) is 15.7. The molecule has 0 unspecified atom stereocenters. The summed E-state index contributed by atoms with van der Waals surface area (Å²) >= 11 is 0. The summed E-state index contributed by atoms with van der Waals surface area (Å²) in [6.07, 6.45) is 9.16. The van der Waals surface area contributed by atoms with Crippen LogP contribution in [0, 0.1) is 6.92 Å². The average Bonchev–Trinajstić information content (AvgIpc) is 3.13. The number of methoxy groups -OCH3 is 1. The lowest BCUT2D eigenvalue weighted by atomic mass is 9.98. The summed E-state index contributed by atoms with van der Waals surface area (Å²) in [6.45, 7) is 2.88. The Morgan fingerprint density at radius 3 is 2.80 bits per heavy atom. The second-order valence-electron chi connectivity index (χ2n) is 6.92. The highest BCUT2D eigenvalue weighted by atomic mass is 16.5. The Bertz CT molecular complexity index is 935. The van der Waals surface area contributed by atoms with Gasteiger partial charge >= 0.3 is 6.01 Å². The fourth-order valence-electron chi connectivity index (χ4n) is 4.28. The fourth-order valence-corrected chi connectivity index (χ4v) is 4.28. The second-order valence-corrected chi connectivity index (χ2v) is 6.92. The first-order valence-corrected chi connectivity index (χ1v) is 8.68. The van der Waals surface area contributed by atoms with E-state index >= 15 is 0 Å². The van der Waals surface area contributed by atoms with Gasteiger partial charge in [0.1, 0.15) is 0 Å². The maximum atomic E-state index is 5.05. The van der Waals surface area contributed by atoms with Crippen molar-refractivity contribution in [3.63, 3.8) is 0 Å². The molecule has 0 radical (unpaired) electrons. The van der Waals surface area contributed by atoms with Crippen LogP contribution in [0.15, 0.2) is 24.7 Å². The van der Waals surface area contributed by atoms with Crippen LogP contribution in [0.25, 0.3) is 5.65 Å². The molecule has 2 atom stereocenters. The zero-order valence-corrected chi connectivity index (χ0v) is 14.4. The van der Waals surface area contributed by atoms with E-state index in [9.17, 15) is 0 Å². The fraction of sp³-hybridized carbons (Fsp3) is 0.444. The predicted octanol–water partition coefficient (Wildman–Crippen LogP) is 2.10. The van der Waals surface area contributed by atoms with Gasteiger partial charge in [-0.05, 0) is 19.8 Å². The molecular formula is C18H20N6O. The van der Waals surface area contributed by atoms with Gasteiger partial charge < -0.3 is 4.74 Å². The normalized spacial score (nSPS) is 22.3. The van der Waals surface area contributed by atoms with E-state index in [4.69, 9.17) is 4.74 Å². The SMILES string of the molecule is COc1ncc(CN2[C@@H]3CC[C@@H]2c2cnc4cc(C)nn4c2C3)cn1. The minimum absolute atomic E-state index is 0.400. The predicted molar refractivity (Wildman–Crippen MR) is 91.3 cm³/mol. The largest absolute Gasteiger partial charge is 0.467 e. The number of rotatable bonds is 3. The van der Waals surface area contributed by atoms with E-state index in [-0.39, 0.29) is 0 Å². The Morgan fingerprint density at radius 2 is 2.00 bits per heavy atom. The molecule has 0 spiro atoms. The van der Waals surface area contributed by atoms with Gasteiger partial charge in [-0.3, -0.25) is 4.90 Å². The summed E-state index contributed by atoms with van der Waals surface area (Å²) in [6, 6.07) is 3.40. The third kappa shape index (κ3) is 2.30. The monoisotopic (exact) mass is 336 g/mol. The second kappa shape index (κ2) is 5.49. The third-order valence-electron chi connectivity index (χ3n) is 5.40. The molecule has 3 aromatic rings. The maximum absolute atomic E-state index is 5.05. The summed E-state index contributed by atoms with van der Waals surface area (Å²) in [5, 5.41) is 4.65. The van der Waals surface area contributed by atoms with Crippen molar-refractivity contribution in [3.8, 4) is 6.01 Å². The molecule has 1 saturated heterocycles. The number of aromatic nitrogens is 5. The van der Waals surface area contributed by atoms with Gasteiger partial charge in [0, 0.05) is 60.8 Å². The molecule has 7 heteroatoms. The van der Waals surface area contributed by atoms with Gasteiger partial charge in [-0.15, -0.1) is 0 Å². The first-order chi connectivity index (χ1) is 12.2. The molecular weight excluding hydrogens is 316 g/mol. The topological polar surface area (TPSA) is 68.4 Å². The minimum atomic E-state index is 0.400. The van der Waals surface area contributed by atoms with Crippen LogP contribution in [0.4, 0.5) is 0 Å². The Balaban J connectivity index is 1.49. The van der Waals surface area contributed by atoms with Crippen LogP contribution in [0.3, 0.4) is 0 Å². The lowest BCUT2D eigenvalue weighted by Gasteiger charge is -2.36. The quantitative estimate of drug-likeness (QED) is 0.730. The highest BCUT2D eigenvalue weighted by molar-refractivity contribution is 5.44. The van der Waals surface area contributed by atoms with E-state index in [0.29, 0.717) is 18.1 Å². The standard InChI is InChI=1S/C18H20N6O/c1-11-5-17-19-9-14-15-4-3-13(6-16(14)24(17)22-11)23(15)10-12-7-20-18(25-2)21-8-12/h5,7-9,13,15H,3-4,6,10H2,1-2H3/t13-,15-/m1/s1. The number of aryl methyl sites for hydroxylation is 1. The van der Waals surface area contributed by atoms with Crippen LogP contribution in [0.2, 0.25) is 0 Å². The van der Waals surface area contributed by atoms with Crippen molar-refractivity contribution in [2.24, 2.45) is 0 Å². The zero-order valence-electron chi connectivity index (χ0n) is 14.4. The Morgan fingerprint density at radius 1 is 1.16 bits per heavy atom. The van der Waals surface area contributed by atoms with Gasteiger partial charge in [0.2, 0.25) is 0 Å². The number of hydrogen-bond donors (Lipinski definition) is 0. The zero-order chi connectivity index (χ0) is 17.0. The van der Waals surface area contributed by atoms with Crippen LogP contribution in [0.1, 0.15) is 41.4 Å². The number of ether oxygens (including phenoxy) is 1. The van der Waals surface area contributed by atoms with Crippen molar-refractivity contribution in [1.82, 2.24) is 29.5 Å². The molecule has 0 N–H and O–H groups in total. The lowest BCUT2D eigenvalue weighted by molar-refractivity contribution is 0.164. The van der Waals surface area contributed by atoms with Gasteiger partial charge in [0.25, 0.3) is 0 Å². The number of fused-ring (bicyclic) bond motifs is 6. The summed E-state index contributed by atoms with van der Waals surface area (Å²) in [5.74, 6) is 0. The summed E-state index contributed by atoms with van der Waals surface area (Å²) in [7, 11) is 1.58.